The molecule has 0 atom stereocenters. The number of thiophene rings is 1. The molecule has 2 aromatic heterocycles. The van der Waals surface area contributed by atoms with Crippen LogP contribution in [0.15, 0.2) is 35.1 Å². The average Bonchev–Trinajstić information content (AvgIpc) is 2.64. The highest BCUT2D eigenvalue weighted by Gasteiger charge is 2.32. The fourth-order valence-electron chi connectivity index (χ4n) is 1.98. The summed E-state index contributed by atoms with van der Waals surface area (Å²) < 4.78 is 27.6. The minimum absolute atomic E-state index is 0.315. The van der Waals surface area contributed by atoms with Gasteiger partial charge in [0.25, 0.3) is 0 Å². The zero-order chi connectivity index (χ0) is 12.9. The Balaban J connectivity index is 2.58. The van der Waals surface area contributed by atoms with Gasteiger partial charge in [0, 0.05) is 21.5 Å². The van der Waals surface area contributed by atoms with Gasteiger partial charge in [0.1, 0.15) is 4.83 Å². The number of pyridine rings is 1. The second kappa shape index (κ2) is 3.76. The summed E-state index contributed by atoms with van der Waals surface area (Å²) in [5, 5.41) is -2.57. The third kappa shape index (κ3) is 1.71. The van der Waals surface area contributed by atoms with E-state index in [4.69, 9.17) is 11.6 Å². The summed E-state index contributed by atoms with van der Waals surface area (Å²) in [5.74, 6) is 0. The number of aromatic nitrogens is 1. The van der Waals surface area contributed by atoms with E-state index in [0.29, 0.717) is 15.6 Å². The maximum absolute atomic E-state index is 13.4. The standard InChI is InChI=1S/C12H6ClF2NOS/c13-12(14,15)7-5-9(17)16-11-10(7)6-3-1-2-4-8(6)18-11/h1-5H,(H,16,17). The Morgan fingerprint density at radius 3 is 2.72 bits per heavy atom. The van der Waals surface area contributed by atoms with Crippen molar-refractivity contribution in [3.63, 3.8) is 0 Å². The molecule has 0 fully saturated rings. The van der Waals surface area contributed by atoms with E-state index in [1.165, 1.54) is 11.3 Å². The van der Waals surface area contributed by atoms with Gasteiger partial charge in [-0.05, 0) is 17.7 Å². The summed E-state index contributed by atoms with van der Waals surface area (Å²) in [7, 11) is 0. The summed E-state index contributed by atoms with van der Waals surface area (Å²) in [6.07, 6.45) is 0. The SMILES string of the molecule is O=c1cc(C(F)(F)Cl)c2c([nH]1)sc1ccccc12. The third-order valence-electron chi connectivity index (χ3n) is 2.68. The normalized spacial score (nSPS) is 12.4. The van der Waals surface area contributed by atoms with Gasteiger partial charge >= 0.3 is 5.38 Å². The Morgan fingerprint density at radius 1 is 1.28 bits per heavy atom. The average molecular weight is 286 g/mol. The number of alkyl halides is 3. The third-order valence-corrected chi connectivity index (χ3v) is 3.97. The molecule has 1 N–H and O–H groups in total. The van der Waals surface area contributed by atoms with E-state index in [0.717, 1.165) is 10.8 Å². The largest absolute Gasteiger partial charge is 0.349 e. The second-order valence-electron chi connectivity index (χ2n) is 3.85. The highest BCUT2D eigenvalue weighted by atomic mass is 35.5. The van der Waals surface area contributed by atoms with E-state index in [1.807, 2.05) is 12.1 Å². The lowest BCUT2D eigenvalue weighted by molar-refractivity contribution is 0.0967. The van der Waals surface area contributed by atoms with Gasteiger partial charge in [0.2, 0.25) is 5.56 Å². The number of rotatable bonds is 1. The fourth-order valence-corrected chi connectivity index (χ4v) is 3.24. The van der Waals surface area contributed by atoms with Crippen molar-refractivity contribution in [3.8, 4) is 0 Å². The number of nitrogens with one attached hydrogen (secondary N) is 1. The fraction of sp³-hybridized carbons (Fsp3) is 0.0833. The van der Waals surface area contributed by atoms with Crippen molar-refractivity contribution >= 4 is 43.2 Å². The van der Waals surface area contributed by atoms with E-state index in [2.05, 4.69) is 4.98 Å². The van der Waals surface area contributed by atoms with Crippen molar-refractivity contribution in [1.29, 1.82) is 0 Å². The topological polar surface area (TPSA) is 32.9 Å². The number of hydrogen-bond donors (Lipinski definition) is 1. The first kappa shape index (κ1) is 11.6. The Hall–Kier alpha value is -1.46. The van der Waals surface area contributed by atoms with Crippen LogP contribution in [0.1, 0.15) is 5.56 Å². The van der Waals surface area contributed by atoms with Crippen molar-refractivity contribution in [2.75, 3.05) is 0 Å². The molecule has 3 rings (SSSR count). The molecule has 92 valence electrons. The van der Waals surface area contributed by atoms with E-state index in [9.17, 15) is 13.6 Å². The number of aromatic amines is 1. The zero-order valence-electron chi connectivity index (χ0n) is 8.84. The van der Waals surface area contributed by atoms with Crippen LogP contribution in [0.2, 0.25) is 0 Å². The molecular formula is C12H6ClF2NOS. The summed E-state index contributed by atoms with van der Waals surface area (Å²) in [5.41, 5.74) is -1.02. The molecule has 2 nitrogen and oxygen atoms in total. The van der Waals surface area contributed by atoms with Crippen molar-refractivity contribution in [3.05, 3.63) is 46.2 Å². The molecule has 3 aromatic rings. The lowest BCUT2D eigenvalue weighted by Gasteiger charge is -2.09. The monoisotopic (exact) mass is 285 g/mol. The molecule has 0 saturated carbocycles. The number of fused-ring (bicyclic) bond motifs is 3. The molecule has 0 unspecified atom stereocenters. The van der Waals surface area contributed by atoms with Crippen LogP contribution in [0, 0.1) is 0 Å². The van der Waals surface area contributed by atoms with Gasteiger partial charge < -0.3 is 4.98 Å². The van der Waals surface area contributed by atoms with E-state index in [-0.39, 0.29) is 0 Å². The Kier molecular flexibility index (Phi) is 2.43. The quantitative estimate of drug-likeness (QED) is 0.673. The minimum atomic E-state index is -3.56. The molecule has 0 bridgehead atoms. The molecule has 0 aliphatic heterocycles. The first-order valence-corrected chi connectivity index (χ1v) is 6.28. The first-order chi connectivity index (χ1) is 8.47. The van der Waals surface area contributed by atoms with Crippen LogP contribution in [0.3, 0.4) is 0 Å². The predicted molar refractivity (Wildman–Crippen MR) is 69.7 cm³/mol. The van der Waals surface area contributed by atoms with E-state index >= 15 is 0 Å². The number of H-pyrrole nitrogens is 1. The molecular weight excluding hydrogens is 280 g/mol. The molecule has 2 heterocycles. The molecule has 0 radical (unpaired) electrons. The lowest BCUT2D eigenvalue weighted by atomic mass is 10.1. The maximum atomic E-state index is 13.4. The van der Waals surface area contributed by atoms with Crippen LogP contribution in [0.5, 0.6) is 0 Å². The van der Waals surface area contributed by atoms with Crippen molar-refractivity contribution in [2.24, 2.45) is 0 Å². The number of halogens is 3. The molecule has 0 aliphatic carbocycles. The summed E-state index contributed by atoms with van der Waals surface area (Å²) >= 11 is 6.34. The smallest absolute Gasteiger partial charge is 0.314 e. The van der Waals surface area contributed by atoms with Gasteiger partial charge in [-0.15, -0.1) is 11.3 Å². The Bertz CT molecular complexity index is 803. The molecule has 18 heavy (non-hydrogen) atoms. The first-order valence-electron chi connectivity index (χ1n) is 5.08. The maximum Gasteiger partial charge on any atom is 0.349 e. The van der Waals surface area contributed by atoms with Crippen LogP contribution >= 0.6 is 22.9 Å². The summed E-state index contributed by atoms with van der Waals surface area (Å²) in [6, 6.07) is 7.98. The molecule has 0 amide bonds. The van der Waals surface area contributed by atoms with Crippen LogP contribution in [-0.2, 0) is 5.38 Å². The van der Waals surface area contributed by atoms with Crippen LogP contribution < -0.4 is 5.56 Å². The molecule has 0 saturated heterocycles. The second-order valence-corrected chi connectivity index (χ2v) is 5.37. The molecule has 1 aromatic carbocycles. The van der Waals surface area contributed by atoms with Crippen molar-refractivity contribution < 1.29 is 8.78 Å². The van der Waals surface area contributed by atoms with Gasteiger partial charge in [0.05, 0.1) is 5.56 Å². The highest BCUT2D eigenvalue weighted by molar-refractivity contribution is 7.25. The van der Waals surface area contributed by atoms with Gasteiger partial charge in [-0.25, -0.2) is 0 Å². The molecule has 0 aliphatic rings. The lowest BCUT2D eigenvalue weighted by Crippen LogP contribution is -2.12. The highest BCUT2D eigenvalue weighted by Crippen LogP contribution is 2.41. The van der Waals surface area contributed by atoms with Crippen LogP contribution in [0.25, 0.3) is 20.3 Å². The predicted octanol–water partition coefficient (Wildman–Crippen LogP) is 4.03. The minimum Gasteiger partial charge on any atom is -0.314 e. The van der Waals surface area contributed by atoms with E-state index < -0.39 is 16.5 Å². The molecule has 6 heteroatoms. The van der Waals surface area contributed by atoms with Crippen LogP contribution in [0.4, 0.5) is 8.78 Å². The van der Waals surface area contributed by atoms with Crippen LogP contribution in [-0.4, -0.2) is 4.98 Å². The van der Waals surface area contributed by atoms with Gasteiger partial charge in [-0.3, -0.25) is 4.79 Å². The summed E-state index contributed by atoms with van der Waals surface area (Å²) in [4.78, 5) is 14.4. The van der Waals surface area contributed by atoms with Crippen molar-refractivity contribution in [1.82, 2.24) is 4.98 Å². The van der Waals surface area contributed by atoms with Gasteiger partial charge in [0.15, 0.2) is 0 Å². The number of hydrogen-bond acceptors (Lipinski definition) is 2. The summed E-state index contributed by atoms with van der Waals surface area (Å²) in [6.45, 7) is 0. The number of benzene rings is 1. The zero-order valence-corrected chi connectivity index (χ0v) is 10.4. The van der Waals surface area contributed by atoms with Gasteiger partial charge in [-0.1, -0.05) is 18.2 Å². The van der Waals surface area contributed by atoms with Gasteiger partial charge in [-0.2, -0.15) is 8.78 Å². The molecule has 0 spiro atoms. The Labute approximate surface area is 109 Å². The van der Waals surface area contributed by atoms with Crippen molar-refractivity contribution in [2.45, 2.75) is 5.38 Å². The Morgan fingerprint density at radius 2 is 2.00 bits per heavy atom. The van der Waals surface area contributed by atoms with E-state index in [1.54, 1.807) is 12.1 Å².